The first-order valence-corrected chi connectivity index (χ1v) is 2.79. The maximum Gasteiger partial charge on any atom is 2.00 e. The Labute approximate surface area is 91.3 Å². The largest absolute Gasteiger partial charge is 2.00 e. The molecule has 0 radical (unpaired) electrons. The van der Waals surface area contributed by atoms with Crippen molar-refractivity contribution in [3.8, 4) is 0 Å². The molecule has 0 fully saturated rings. The van der Waals surface area contributed by atoms with Gasteiger partial charge in [-0.2, -0.15) is 0 Å². The van der Waals surface area contributed by atoms with Crippen molar-refractivity contribution in [2.24, 2.45) is 0 Å². The number of nitrogens with zero attached hydrogens (tertiary/aromatic N) is 2. The Bertz CT molecular complexity index is 290. The topological polar surface area (TPSA) is 27.0 Å². The van der Waals surface area contributed by atoms with E-state index in [2.05, 4.69) is 9.97 Å². The Morgan fingerprint density at radius 3 is 2.82 bits per heavy atom. The number of fused-ring (bicyclic) bond motifs is 1. The Balaban J connectivity index is 0.000000500. The number of halogens is 1. The van der Waals surface area contributed by atoms with E-state index in [1.165, 1.54) is 0 Å². The molecule has 2 aromatic rings. The van der Waals surface area contributed by atoms with Crippen LogP contribution in [-0.2, 0) is 0 Å². The second kappa shape index (κ2) is 4.74. The van der Waals surface area contributed by atoms with Gasteiger partial charge in [0, 0.05) is 0 Å². The molecule has 0 aliphatic carbocycles. The smallest absolute Gasteiger partial charge is 1.00 e. The van der Waals surface area contributed by atoms with E-state index in [1.807, 2.05) is 18.2 Å². The SMILES string of the molecule is [Br-].[Mg+2].c1cnc2[n-]ccc2c1. The van der Waals surface area contributed by atoms with Crippen molar-refractivity contribution in [2.45, 2.75) is 0 Å². The van der Waals surface area contributed by atoms with Crippen LogP contribution in [0.3, 0.4) is 0 Å². The molecule has 11 heavy (non-hydrogen) atoms. The molecule has 0 N–H and O–H groups in total. The van der Waals surface area contributed by atoms with Crippen LogP contribution in [0, 0.1) is 0 Å². The minimum atomic E-state index is 0. The zero-order chi connectivity index (χ0) is 6.10. The molecule has 0 unspecified atom stereocenters. The summed E-state index contributed by atoms with van der Waals surface area (Å²) in [6.45, 7) is 0. The Hall–Kier alpha value is -0.0638. The van der Waals surface area contributed by atoms with Crippen LogP contribution in [-0.4, -0.2) is 28.0 Å². The molecule has 0 aromatic carbocycles. The van der Waals surface area contributed by atoms with E-state index in [0.29, 0.717) is 0 Å². The molecule has 2 heterocycles. The summed E-state index contributed by atoms with van der Waals surface area (Å²) >= 11 is 0. The van der Waals surface area contributed by atoms with Gasteiger partial charge >= 0.3 is 23.1 Å². The summed E-state index contributed by atoms with van der Waals surface area (Å²) < 4.78 is 0. The van der Waals surface area contributed by atoms with Gasteiger partial charge < -0.3 is 26.9 Å². The minimum Gasteiger partial charge on any atom is -1.00 e. The summed E-state index contributed by atoms with van der Waals surface area (Å²) in [5.41, 5.74) is 0.831. The van der Waals surface area contributed by atoms with Crippen LogP contribution < -0.4 is 22.0 Å². The van der Waals surface area contributed by atoms with Crippen molar-refractivity contribution >= 4 is 34.1 Å². The van der Waals surface area contributed by atoms with Crippen molar-refractivity contribution in [3.63, 3.8) is 0 Å². The Kier molecular flexibility index (Phi) is 4.71. The van der Waals surface area contributed by atoms with Crippen molar-refractivity contribution in [1.29, 1.82) is 0 Å². The molecule has 2 nitrogen and oxygen atoms in total. The third kappa shape index (κ3) is 2.18. The molecule has 0 amide bonds. The first-order valence-electron chi connectivity index (χ1n) is 2.79. The fourth-order valence-electron chi connectivity index (χ4n) is 0.836. The summed E-state index contributed by atoms with van der Waals surface area (Å²) in [6.07, 6.45) is 3.51. The third-order valence-electron chi connectivity index (χ3n) is 1.27. The van der Waals surface area contributed by atoms with Crippen LogP contribution in [0.2, 0.25) is 0 Å². The van der Waals surface area contributed by atoms with Crippen LogP contribution in [0.5, 0.6) is 0 Å². The van der Waals surface area contributed by atoms with E-state index in [9.17, 15) is 0 Å². The van der Waals surface area contributed by atoms with E-state index in [0.717, 1.165) is 11.0 Å². The number of pyridine rings is 1. The molecule has 0 atom stereocenters. The summed E-state index contributed by atoms with van der Waals surface area (Å²) in [6, 6.07) is 5.85. The van der Waals surface area contributed by atoms with Crippen molar-refractivity contribution in [1.82, 2.24) is 9.97 Å². The van der Waals surface area contributed by atoms with Crippen LogP contribution >= 0.6 is 0 Å². The molecule has 0 aliphatic heterocycles. The van der Waals surface area contributed by atoms with E-state index in [4.69, 9.17) is 0 Å². The molecule has 0 aliphatic rings. The zero-order valence-electron chi connectivity index (χ0n) is 5.87. The van der Waals surface area contributed by atoms with Crippen LogP contribution in [0.1, 0.15) is 0 Å². The standard InChI is InChI=1S/C7H5N2.BrH.Mg/c1-2-6-3-5-9-7(6)8-4-1;;/h1-5H;1H;/q-1;;+2/p-1. The summed E-state index contributed by atoms with van der Waals surface area (Å²) in [5, 5.41) is 1.11. The van der Waals surface area contributed by atoms with Crippen molar-refractivity contribution in [3.05, 3.63) is 30.6 Å². The number of rotatable bonds is 0. The quantitative estimate of drug-likeness (QED) is 0.473. The average molecular weight is 221 g/mol. The molecule has 52 valence electrons. The molecule has 0 spiro atoms. The van der Waals surface area contributed by atoms with Gasteiger partial charge in [-0.15, -0.1) is 0 Å². The second-order valence-electron chi connectivity index (χ2n) is 1.86. The summed E-state index contributed by atoms with van der Waals surface area (Å²) in [5.74, 6) is 0. The van der Waals surface area contributed by atoms with Gasteiger partial charge in [0.15, 0.2) is 0 Å². The maximum atomic E-state index is 4.03. The predicted molar refractivity (Wildman–Crippen MR) is 40.8 cm³/mol. The Morgan fingerprint density at radius 1 is 1.27 bits per heavy atom. The molecule has 0 saturated carbocycles. The van der Waals surface area contributed by atoms with Crippen molar-refractivity contribution in [2.75, 3.05) is 0 Å². The summed E-state index contributed by atoms with van der Waals surface area (Å²) in [4.78, 5) is 8.04. The van der Waals surface area contributed by atoms with Crippen LogP contribution in [0.25, 0.3) is 11.0 Å². The fourth-order valence-corrected chi connectivity index (χ4v) is 0.836. The average Bonchev–Trinajstić information content (AvgIpc) is 2.33. The summed E-state index contributed by atoms with van der Waals surface area (Å²) in [7, 11) is 0. The first-order chi connectivity index (χ1) is 4.47. The van der Waals surface area contributed by atoms with Crippen LogP contribution in [0.15, 0.2) is 30.6 Å². The zero-order valence-corrected chi connectivity index (χ0v) is 8.87. The third-order valence-corrected chi connectivity index (χ3v) is 1.27. The Morgan fingerprint density at radius 2 is 2.09 bits per heavy atom. The van der Waals surface area contributed by atoms with E-state index in [-0.39, 0.29) is 40.0 Å². The molecule has 4 heteroatoms. The molecular formula is C7H5BrMgN2. The monoisotopic (exact) mass is 220 g/mol. The maximum absolute atomic E-state index is 4.03. The van der Waals surface area contributed by atoms with E-state index >= 15 is 0 Å². The minimum absolute atomic E-state index is 0. The van der Waals surface area contributed by atoms with Gasteiger partial charge in [-0.3, -0.25) is 0 Å². The van der Waals surface area contributed by atoms with Gasteiger partial charge in [-0.1, -0.05) is 36.2 Å². The predicted octanol–water partition coefficient (Wildman–Crippen LogP) is -2.18. The molecular weight excluding hydrogens is 216 g/mol. The number of aromatic nitrogens is 2. The van der Waals surface area contributed by atoms with Gasteiger partial charge in [0.25, 0.3) is 0 Å². The fraction of sp³-hybridized carbons (Fsp3) is 0. The van der Waals surface area contributed by atoms with E-state index in [1.54, 1.807) is 12.4 Å². The molecule has 2 aromatic heterocycles. The molecule has 2 rings (SSSR count). The first kappa shape index (κ1) is 10.9. The van der Waals surface area contributed by atoms with Gasteiger partial charge in [0.1, 0.15) is 0 Å². The second-order valence-corrected chi connectivity index (χ2v) is 1.86. The van der Waals surface area contributed by atoms with E-state index < -0.39 is 0 Å². The number of hydrogen-bond acceptors (Lipinski definition) is 1. The normalized spacial score (nSPS) is 8.36. The molecule has 0 saturated heterocycles. The van der Waals surface area contributed by atoms with Crippen LogP contribution in [0.4, 0.5) is 0 Å². The van der Waals surface area contributed by atoms with Crippen molar-refractivity contribution < 1.29 is 17.0 Å². The van der Waals surface area contributed by atoms with Gasteiger partial charge in [-0.05, 0) is 5.39 Å². The van der Waals surface area contributed by atoms with Gasteiger partial charge in [0.05, 0.1) is 0 Å². The number of hydrogen-bond donors (Lipinski definition) is 0. The van der Waals surface area contributed by atoms with Gasteiger partial charge in [-0.25, -0.2) is 0 Å². The molecule has 0 bridgehead atoms. The van der Waals surface area contributed by atoms with Gasteiger partial charge in [0.2, 0.25) is 0 Å².